The highest BCUT2D eigenvalue weighted by atomic mass is 32.2. The zero-order chi connectivity index (χ0) is 24.7. The Balaban J connectivity index is 1.58. The van der Waals surface area contributed by atoms with Crippen LogP contribution in [-0.4, -0.2) is 30.5 Å². The van der Waals surface area contributed by atoms with Crippen molar-refractivity contribution in [1.82, 2.24) is 9.97 Å². The Bertz CT molecular complexity index is 1550. The van der Waals surface area contributed by atoms with Crippen molar-refractivity contribution in [2.45, 2.75) is 30.2 Å². The fourth-order valence-corrected chi connectivity index (χ4v) is 4.93. The maximum absolute atomic E-state index is 13.8. The molecule has 1 saturated carbocycles. The Morgan fingerprint density at radius 3 is 2.57 bits per heavy atom. The average molecular weight is 491 g/mol. The number of amides is 1. The maximum atomic E-state index is 13.8. The van der Waals surface area contributed by atoms with Gasteiger partial charge in [-0.3, -0.25) is 9.78 Å². The summed E-state index contributed by atoms with van der Waals surface area (Å²) < 4.78 is 38.9. The molecular weight excluding hydrogens is 467 g/mol. The highest BCUT2D eigenvalue weighted by molar-refractivity contribution is 7.90. The van der Waals surface area contributed by atoms with Crippen LogP contribution in [0.15, 0.2) is 71.8 Å². The van der Waals surface area contributed by atoms with Crippen molar-refractivity contribution < 1.29 is 17.6 Å². The molecule has 1 amide bonds. The molecule has 4 aromatic rings. The molecule has 35 heavy (non-hydrogen) atoms. The summed E-state index contributed by atoms with van der Waals surface area (Å²) in [4.78, 5) is 23.7. The summed E-state index contributed by atoms with van der Waals surface area (Å²) >= 11 is 0. The van der Waals surface area contributed by atoms with Crippen LogP contribution in [0.25, 0.3) is 10.9 Å². The van der Waals surface area contributed by atoms with Crippen molar-refractivity contribution in [3.63, 3.8) is 0 Å². The van der Waals surface area contributed by atoms with Crippen LogP contribution in [0, 0.1) is 5.82 Å². The summed E-state index contributed by atoms with van der Waals surface area (Å²) in [5.74, 6) is -0.760. The second-order valence-corrected chi connectivity index (χ2v) is 10.7. The molecule has 5 rings (SSSR count). The number of rotatable bonds is 6. The van der Waals surface area contributed by atoms with Crippen LogP contribution in [0.1, 0.15) is 40.4 Å². The first-order valence-electron chi connectivity index (χ1n) is 11.1. The second kappa shape index (κ2) is 8.74. The largest absolute Gasteiger partial charge is 0.381 e. The van der Waals surface area contributed by atoms with E-state index in [0.717, 1.165) is 24.8 Å². The first-order valence-corrected chi connectivity index (χ1v) is 13.0. The number of carbonyl (C=O) groups excluding carboxylic acids is 1. The Morgan fingerprint density at radius 1 is 1.11 bits per heavy atom. The number of carbonyl (C=O) groups is 1. The lowest BCUT2D eigenvalue weighted by Crippen LogP contribution is -2.31. The number of para-hydroxylation sites is 1. The van der Waals surface area contributed by atoms with E-state index in [-0.39, 0.29) is 28.9 Å². The van der Waals surface area contributed by atoms with Gasteiger partial charge in [-0.15, -0.1) is 0 Å². The van der Waals surface area contributed by atoms with E-state index >= 15 is 0 Å². The number of sulfone groups is 1. The number of hydrogen-bond donors (Lipinski definition) is 1. The van der Waals surface area contributed by atoms with E-state index in [9.17, 15) is 17.6 Å². The van der Waals surface area contributed by atoms with E-state index in [2.05, 4.69) is 9.97 Å². The first kappa shape index (κ1) is 22.9. The monoisotopic (exact) mass is 490 g/mol. The van der Waals surface area contributed by atoms with Gasteiger partial charge in [0.15, 0.2) is 21.5 Å². The van der Waals surface area contributed by atoms with Gasteiger partial charge in [-0.2, -0.15) is 0 Å². The summed E-state index contributed by atoms with van der Waals surface area (Å²) in [6, 6.07) is 16.4. The van der Waals surface area contributed by atoms with Crippen molar-refractivity contribution >= 4 is 38.2 Å². The number of aromatic nitrogens is 2. The van der Waals surface area contributed by atoms with Gasteiger partial charge in [0, 0.05) is 29.5 Å². The van der Waals surface area contributed by atoms with Crippen LogP contribution in [0.2, 0.25) is 0 Å². The van der Waals surface area contributed by atoms with Gasteiger partial charge in [-0.1, -0.05) is 24.3 Å². The zero-order valence-electron chi connectivity index (χ0n) is 19.0. The van der Waals surface area contributed by atoms with Gasteiger partial charge in [-0.05, 0) is 54.8 Å². The summed E-state index contributed by atoms with van der Waals surface area (Å²) in [6.07, 6.45) is 4.84. The van der Waals surface area contributed by atoms with Gasteiger partial charge >= 0.3 is 0 Å². The molecule has 0 atom stereocenters. The highest BCUT2D eigenvalue weighted by Gasteiger charge is 2.27. The van der Waals surface area contributed by atoms with Gasteiger partial charge in [-0.25, -0.2) is 17.8 Å². The van der Waals surface area contributed by atoms with E-state index < -0.39 is 15.7 Å². The number of anilines is 2. The van der Waals surface area contributed by atoms with Gasteiger partial charge in [0.25, 0.3) is 5.91 Å². The Morgan fingerprint density at radius 2 is 1.89 bits per heavy atom. The van der Waals surface area contributed by atoms with Crippen LogP contribution in [0.5, 0.6) is 0 Å². The van der Waals surface area contributed by atoms with Crippen molar-refractivity contribution in [2.75, 3.05) is 16.9 Å². The summed E-state index contributed by atoms with van der Waals surface area (Å²) in [5.41, 5.74) is 8.35. The molecule has 0 unspecified atom stereocenters. The third kappa shape index (κ3) is 4.72. The van der Waals surface area contributed by atoms with E-state index in [1.54, 1.807) is 42.5 Å². The Kier molecular flexibility index (Phi) is 5.72. The molecule has 1 fully saturated rings. The normalized spacial score (nSPS) is 13.7. The molecule has 2 aromatic heterocycles. The van der Waals surface area contributed by atoms with Crippen molar-refractivity contribution in [3.05, 3.63) is 89.5 Å². The second-order valence-electron chi connectivity index (χ2n) is 8.76. The predicted octanol–water partition coefficient (Wildman–Crippen LogP) is 4.48. The number of nitrogens with two attached hydrogens (primary N) is 1. The van der Waals surface area contributed by atoms with Crippen molar-refractivity contribution in [3.8, 4) is 0 Å². The van der Waals surface area contributed by atoms with Gasteiger partial charge < -0.3 is 10.6 Å². The minimum absolute atomic E-state index is 0.0427. The smallest absolute Gasteiger partial charge is 0.260 e. The van der Waals surface area contributed by atoms with Crippen molar-refractivity contribution in [2.24, 2.45) is 0 Å². The molecule has 0 bridgehead atoms. The predicted molar refractivity (Wildman–Crippen MR) is 132 cm³/mol. The zero-order valence-corrected chi connectivity index (χ0v) is 19.8. The molecule has 0 radical (unpaired) electrons. The van der Waals surface area contributed by atoms with Crippen LogP contribution in [0.4, 0.5) is 15.9 Å². The molecule has 0 saturated heterocycles. The quantitative estimate of drug-likeness (QED) is 0.427. The molecule has 1 aliphatic carbocycles. The third-order valence-corrected chi connectivity index (χ3v) is 7.18. The minimum atomic E-state index is -3.62. The van der Waals surface area contributed by atoms with E-state index in [1.807, 2.05) is 6.07 Å². The molecular formula is C26H23FN4O3S. The van der Waals surface area contributed by atoms with Crippen LogP contribution in [0.3, 0.4) is 0 Å². The van der Waals surface area contributed by atoms with Crippen molar-refractivity contribution in [1.29, 1.82) is 0 Å². The van der Waals surface area contributed by atoms with Crippen LogP contribution < -0.4 is 10.6 Å². The molecule has 2 aromatic carbocycles. The van der Waals surface area contributed by atoms with Gasteiger partial charge in [0.2, 0.25) is 0 Å². The molecule has 178 valence electrons. The first-order chi connectivity index (χ1) is 16.7. The molecule has 0 aliphatic heterocycles. The van der Waals surface area contributed by atoms with Crippen LogP contribution in [-0.2, 0) is 16.4 Å². The molecule has 0 spiro atoms. The maximum Gasteiger partial charge on any atom is 0.260 e. The molecule has 9 heteroatoms. The lowest BCUT2D eigenvalue weighted by molar-refractivity contribution is 0.0984. The fraction of sp³-hybridized carbons (Fsp3) is 0.192. The van der Waals surface area contributed by atoms with E-state index in [4.69, 9.17) is 5.73 Å². The van der Waals surface area contributed by atoms with Gasteiger partial charge in [0.1, 0.15) is 0 Å². The van der Waals surface area contributed by atoms with Crippen LogP contribution >= 0.6 is 0 Å². The number of nitrogens with zero attached hydrogens (tertiary/aromatic N) is 3. The lowest BCUT2D eigenvalue weighted by atomic mass is 10.1. The molecule has 2 N–H and O–H groups in total. The minimum Gasteiger partial charge on any atom is -0.381 e. The third-order valence-electron chi connectivity index (χ3n) is 6.03. The van der Waals surface area contributed by atoms with Gasteiger partial charge in [0.05, 0.1) is 28.2 Å². The number of hydrogen-bond acceptors (Lipinski definition) is 6. The summed E-state index contributed by atoms with van der Waals surface area (Å²) in [6.45, 7) is 0.0602. The standard InChI is InChI=1S/C26H23FN4O3S/c1-35(33,34)24-5-3-2-4-23(24)31(26(32)19-10-11-21(29-14-19)17-8-9-17)15-16-6-7-18-13-20(27)25(28)30-22(18)12-16/h2-7,10-14,17H,8-9,15H2,1H3,(H2,28,30). The number of fused-ring (bicyclic) bond motifs is 1. The Labute approximate surface area is 202 Å². The number of nitrogen functional groups attached to an aromatic ring is 1. The SMILES string of the molecule is CS(=O)(=O)c1ccccc1N(Cc1ccc2cc(F)c(N)nc2c1)C(=O)c1ccc(C2CC2)nc1. The summed E-state index contributed by atoms with van der Waals surface area (Å²) in [7, 11) is -3.62. The van der Waals surface area contributed by atoms with E-state index in [1.165, 1.54) is 23.2 Å². The average Bonchev–Trinajstić information content (AvgIpc) is 3.68. The highest BCUT2D eigenvalue weighted by Crippen LogP contribution is 2.39. The lowest BCUT2D eigenvalue weighted by Gasteiger charge is -2.25. The number of benzene rings is 2. The molecule has 7 nitrogen and oxygen atoms in total. The summed E-state index contributed by atoms with van der Waals surface area (Å²) in [5, 5.41) is 0.565. The van der Waals surface area contributed by atoms with E-state index in [0.29, 0.717) is 27.9 Å². The fourth-order valence-electron chi connectivity index (χ4n) is 4.05. The Hall–Kier alpha value is -3.85. The number of halogens is 1. The topological polar surface area (TPSA) is 106 Å². The molecule has 2 heterocycles. The number of pyridine rings is 2. The molecule has 1 aliphatic rings.